The highest BCUT2D eigenvalue weighted by Crippen LogP contribution is 2.31. The van der Waals surface area contributed by atoms with Crippen LogP contribution in [-0.2, 0) is 9.59 Å². The van der Waals surface area contributed by atoms with Gasteiger partial charge >= 0.3 is 0 Å². The zero-order valence-electron chi connectivity index (χ0n) is 12.4. The van der Waals surface area contributed by atoms with Crippen molar-refractivity contribution in [3.63, 3.8) is 0 Å². The van der Waals surface area contributed by atoms with Crippen LogP contribution in [0.2, 0.25) is 10.0 Å². The monoisotopic (exact) mass is 394 g/mol. The summed E-state index contributed by atoms with van der Waals surface area (Å²) in [5.41, 5.74) is 0.646. The van der Waals surface area contributed by atoms with Crippen molar-refractivity contribution in [2.45, 2.75) is 0 Å². The Balaban J connectivity index is 2.03. The first-order valence-corrected chi connectivity index (χ1v) is 8.15. The predicted octanol–water partition coefficient (Wildman–Crippen LogP) is 3.96. The lowest BCUT2D eigenvalue weighted by atomic mass is 10.1. The number of benzene rings is 2. The van der Waals surface area contributed by atoms with Crippen LogP contribution in [0.25, 0.3) is 6.08 Å². The number of nitrogens with zero attached hydrogens (tertiary/aromatic N) is 1. The van der Waals surface area contributed by atoms with E-state index in [1.807, 2.05) is 0 Å². The summed E-state index contributed by atoms with van der Waals surface area (Å²) < 4.78 is 13.0. The maximum atomic E-state index is 13.0. The first kappa shape index (κ1) is 17.5. The molecule has 0 saturated carbocycles. The lowest BCUT2D eigenvalue weighted by molar-refractivity contribution is -0.122. The molecule has 0 aromatic heterocycles. The quantitative estimate of drug-likeness (QED) is 0.476. The average Bonchev–Trinajstić information content (AvgIpc) is 2.55. The normalized spacial score (nSPS) is 16.4. The molecule has 8 heteroatoms. The first-order chi connectivity index (χ1) is 11.9. The molecule has 2 aromatic carbocycles. The fourth-order valence-corrected chi connectivity index (χ4v) is 3.03. The van der Waals surface area contributed by atoms with Crippen molar-refractivity contribution in [3.05, 3.63) is 69.5 Å². The van der Waals surface area contributed by atoms with E-state index in [0.717, 1.165) is 4.90 Å². The van der Waals surface area contributed by atoms with Gasteiger partial charge in [-0.2, -0.15) is 0 Å². The van der Waals surface area contributed by atoms with Crippen LogP contribution in [0, 0.1) is 5.82 Å². The Kier molecular flexibility index (Phi) is 4.85. The molecule has 1 heterocycles. The molecule has 3 rings (SSSR count). The number of nitrogens with one attached hydrogen (secondary N) is 1. The summed E-state index contributed by atoms with van der Waals surface area (Å²) in [6.07, 6.45) is 1.36. The molecule has 0 bridgehead atoms. The van der Waals surface area contributed by atoms with E-state index in [1.165, 1.54) is 42.5 Å². The van der Waals surface area contributed by atoms with Gasteiger partial charge in [0.2, 0.25) is 0 Å². The second-order valence-electron chi connectivity index (χ2n) is 5.11. The molecular formula is C17H9Cl2FN2O2S. The van der Waals surface area contributed by atoms with E-state index in [2.05, 4.69) is 5.32 Å². The van der Waals surface area contributed by atoms with E-state index in [-0.39, 0.29) is 15.7 Å². The molecule has 25 heavy (non-hydrogen) atoms. The number of thiocarbonyl (C=S) groups is 1. The van der Waals surface area contributed by atoms with Crippen molar-refractivity contribution >= 4 is 64.1 Å². The van der Waals surface area contributed by atoms with Crippen molar-refractivity contribution in [2.75, 3.05) is 4.90 Å². The van der Waals surface area contributed by atoms with E-state index < -0.39 is 17.6 Å². The van der Waals surface area contributed by atoms with Crippen molar-refractivity contribution < 1.29 is 14.0 Å². The van der Waals surface area contributed by atoms with Crippen LogP contribution < -0.4 is 10.2 Å². The summed E-state index contributed by atoms with van der Waals surface area (Å²) in [4.78, 5) is 26.1. The van der Waals surface area contributed by atoms with Crippen LogP contribution in [-0.4, -0.2) is 16.9 Å². The van der Waals surface area contributed by atoms with Crippen molar-refractivity contribution in [1.82, 2.24) is 5.32 Å². The van der Waals surface area contributed by atoms with Gasteiger partial charge in [-0.3, -0.25) is 19.8 Å². The fraction of sp³-hybridized carbons (Fsp3) is 0. The minimum absolute atomic E-state index is 0.0875. The van der Waals surface area contributed by atoms with Crippen molar-refractivity contribution in [2.24, 2.45) is 0 Å². The molecule has 4 nitrogen and oxygen atoms in total. The maximum absolute atomic E-state index is 13.0. The number of rotatable bonds is 2. The smallest absolute Gasteiger partial charge is 0.270 e. The van der Waals surface area contributed by atoms with Crippen molar-refractivity contribution in [1.29, 1.82) is 0 Å². The molecule has 0 spiro atoms. The highest BCUT2D eigenvalue weighted by molar-refractivity contribution is 7.80. The first-order valence-electron chi connectivity index (χ1n) is 6.99. The number of carbonyl (C=O) groups excluding carboxylic acids is 2. The number of carbonyl (C=O) groups is 2. The highest BCUT2D eigenvalue weighted by Gasteiger charge is 2.35. The van der Waals surface area contributed by atoms with Gasteiger partial charge < -0.3 is 0 Å². The van der Waals surface area contributed by atoms with E-state index in [4.69, 9.17) is 35.4 Å². The van der Waals surface area contributed by atoms with E-state index in [1.54, 1.807) is 6.07 Å². The van der Waals surface area contributed by atoms with Crippen LogP contribution >= 0.6 is 35.4 Å². The molecule has 1 saturated heterocycles. The van der Waals surface area contributed by atoms with Gasteiger partial charge in [-0.05, 0) is 54.2 Å². The summed E-state index contributed by atoms with van der Waals surface area (Å²) in [6.45, 7) is 0. The summed E-state index contributed by atoms with van der Waals surface area (Å²) in [5, 5.41) is 2.97. The zero-order chi connectivity index (χ0) is 18.1. The molecular weight excluding hydrogens is 386 g/mol. The van der Waals surface area contributed by atoms with Crippen LogP contribution in [0.1, 0.15) is 5.56 Å². The molecule has 1 aliphatic heterocycles. The lowest BCUT2D eigenvalue weighted by Crippen LogP contribution is -2.54. The number of halogens is 3. The number of hydrogen-bond acceptors (Lipinski definition) is 3. The predicted molar refractivity (Wildman–Crippen MR) is 99.1 cm³/mol. The largest absolute Gasteiger partial charge is 0.298 e. The summed E-state index contributed by atoms with van der Waals surface area (Å²) >= 11 is 17.1. The van der Waals surface area contributed by atoms with Gasteiger partial charge in [0.15, 0.2) is 5.11 Å². The van der Waals surface area contributed by atoms with Crippen LogP contribution in [0.4, 0.5) is 10.1 Å². The standard InChI is InChI=1S/C17H9Cl2FN2O2S/c18-10-3-6-14(13(19)8-10)22-16(24)12(15(23)21-17(22)25)7-9-1-4-11(20)5-2-9/h1-8H,(H,21,23,25)/b12-7+. The molecule has 0 unspecified atom stereocenters. The number of amides is 2. The second-order valence-corrected chi connectivity index (χ2v) is 6.34. The topological polar surface area (TPSA) is 49.4 Å². The van der Waals surface area contributed by atoms with Gasteiger partial charge in [-0.1, -0.05) is 35.3 Å². The SMILES string of the molecule is O=C1NC(=S)N(c2ccc(Cl)cc2Cl)C(=O)/C1=C/c1ccc(F)cc1. The van der Waals surface area contributed by atoms with Gasteiger partial charge in [-0.15, -0.1) is 0 Å². The Bertz CT molecular complexity index is 929. The average molecular weight is 395 g/mol. The van der Waals surface area contributed by atoms with Crippen LogP contribution in [0.15, 0.2) is 48.0 Å². The fourth-order valence-electron chi connectivity index (χ4n) is 2.26. The van der Waals surface area contributed by atoms with Crippen LogP contribution in [0.3, 0.4) is 0 Å². The summed E-state index contributed by atoms with van der Waals surface area (Å²) in [7, 11) is 0. The van der Waals surface area contributed by atoms with E-state index in [9.17, 15) is 14.0 Å². The van der Waals surface area contributed by atoms with Gasteiger partial charge in [0.05, 0.1) is 10.7 Å². The van der Waals surface area contributed by atoms with E-state index in [0.29, 0.717) is 16.3 Å². The number of anilines is 1. The molecule has 1 N–H and O–H groups in total. The Hall–Kier alpha value is -2.28. The van der Waals surface area contributed by atoms with Crippen molar-refractivity contribution in [3.8, 4) is 0 Å². The third-order valence-corrected chi connectivity index (χ3v) is 4.26. The molecule has 1 aliphatic rings. The minimum atomic E-state index is -0.638. The number of hydrogen-bond donors (Lipinski definition) is 1. The lowest BCUT2D eigenvalue weighted by Gasteiger charge is -2.29. The van der Waals surface area contributed by atoms with Gasteiger partial charge in [-0.25, -0.2) is 4.39 Å². The summed E-state index contributed by atoms with van der Waals surface area (Å²) in [5.74, 6) is -1.69. The third-order valence-electron chi connectivity index (χ3n) is 3.43. The van der Waals surface area contributed by atoms with Gasteiger partial charge in [0.25, 0.3) is 11.8 Å². The van der Waals surface area contributed by atoms with Gasteiger partial charge in [0, 0.05) is 5.02 Å². The molecule has 126 valence electrons. The Labute approximate surface area is 157 Å². The zero-order valence-corrected chi connectivity index (χ0v) is 14.8. The maximum Gasteiger partial charge on any atom is 0.270 e. The van der Waals surface area contributed by atoms with Gasteiger partial charge in [0.1, 0.15) is 11.4 Å². The third kappa shape index (κ3) is 3.56. The Morgan fingerprint density at radius 2 is 1.76 bits per heavy atom. The highest BCUT2D eigenvalue weighted by atomic mass is 35.5. The molecule has 2 amide bonds. The molecule has 0 atom stereocenters. The minimum Gasteiger partial charge on any atom is -0.298 e. The Morgan fingerprint density at radius 1 is 1.08 bits per heavy atom. The summed E-state index contributed by atoms with van der Waals surface area (Å²) in [6, 6.07) is 9.92. The van der Waals surface area contributed by atoms with Crippen LogP contribution in [0.5, 0.6) is 0 Å². The molecule has 0 aliphatic carbocycles. The Morgan fingerprint density at radius 3 is 2.40 bits per heavy atom. The second kappa shape index (κ2) is 6.92. The van der Waals surface area contributed by atoms with E-state index >= 15 is 0 Å². The molecule has 1 fully saturated rings. The molecule has 0 radical (unpaired) electrons. The molecule has 2 aromatic rings.